The lowest BCUT2D eigenvalue weighted by Crippen LogP contribution is -2.32. The number of amides is 1. The molecule has 0 spiro atoms. The molecule has 1 aliphatic heterocycles. The van der Waals surface area contributed by atoms with E-state index in [4.69, 9.17) is 16.0 Å². The molecular weight excluding hydrogens is 440 g/mol. The highest BCUT2D eigenvalue weighted by atomic mass is 35.5. The van der Waals surface area contributed by atoms with Crippen LogP contribution in [0.2, 0.25) is 5.02 Å². The van der Waals surface area contributed by atoms with Crippen LogP contribution in [-0.2, 0) is 6.42 Å². The largest absolute Gasteiger partial charge is 0.443 e. The molecular formula is C25H21ClN4O3. The second kappa shape index (κ2) is 9.03. The third-order valence-electron chi connectivity index (χ3n) is 5.67. The van der Waals surface area contributed by atoms with Gasteiger partial charge in [0.05, 0.1) is 6.20 Å². The van der Waals surface area contributed by atoms with Crippen molar-refractivity contribution in [2.75, 3.05) is 6.54 Å². The lowest BCUT2D eigenvalue weighted by molar-refractivity contribution is 0.0708. The summed E-state index contributed by atoms with van der Waals surface area (Å²) in [5.74, 6) is 1.27. The van der Waals surface area contributed by atoms with Gasteiger partial charge in [-0.2, -0.15) is 0 Å². The number of H-pyrrole nitrogens is 1. The lowest BCUT2D eigenvalue weighted by Gasteiger charge is -2.22. The van der Waals surface area contributed by atoms with Gasteiger partial charge >= 0.3 is 0 Å². The Hall–Kier alpha value is -3.71. The molecule has 1 atom stereocenters. The molecule has 33 heavy (non-hydrogen) atoms. The first-order valence-corrected chi connectivity index (χ1v) is 11.1. The zero-order valence-corrected chi connectivity index (χ0v) is 18.5. The van der Waals surface area contributed by atoms with Crippen molar-refractivity contribution >= 4 is 17.5 Å². The summed E-state index contributed by atoms with van der Waals surface area (Å²) in [6, 6.07) is 17.8. The maximum atomic E-state index is 13.3. The summed E-state index contributed by atoms with van der Waals surface area (Å²) in [5.41, 5.74) is 1.53. The monoisotopic (exact) mass is 460 g/mol. The Bertz CT molecular complexity index is 1330. The highest BCUT2D eigenvalue weighted by Crippen LogP contribution is 2.33. The van der Waals surface area contributed by atoms with Crippen LogP contribution in [0.15, 0.2) is 76.1 Å². The summed E-state index contributed by atoms with van der Waals surface area (Å²) in [5, 5.41) is 0.681. The van der Waals surface area contributed by atoms with Crippen LogP contribution in [0.4, 0.5) is 0 Å². The number of nitrogens with one attached hydrogen (secondary N) is 1. The Kier molecular flexibility index (Phi) is 5.79. The van der Waals surface area contributed by atoms with Gasteiger partial charge < -0.3 is 14.3 Å². The molecule has 1 unspecified atom stereocenters. The molecule has 2 aromatic carbocycles. The van der Waals surface area contributed by atoms with Crippen LogP contribution in [0.5, 0.6) is 0 Å². The fraction of sp³-hybridized carbons (Fsp3) is 0.200. The predicted molar refractivity (Wildman–Crippen MR) is 124 cm³/mol. The van der Waals surface area contributed by atoms with E-state index in [1.165, 1.54) is 6.07 Å². The third kappa shape index (κ3) is 4.59. The average Bonchev–Trinajstić information content (AvgIpc) is 3.50. The summed E-state index contributed by atoms with van der Waals surface area (Å²) < 4.78 is 6.01. The number of rotatable bonds is 5. The minimum atomic E-state index is -0.371. The molecule has 8 heteroatoms. The van der Waals surface area contributed by atoms with E-state index < -0.39 is 0 Å². The summed E-state index contributed by atoms with van der Waals surface area (Å²) >= 11 is 5.96. The van der Waals surface area contributed by atoms with E-state index in [-0.39, 0.29) is 23.2 Å². The number of hydrogen-bond donors (Lipinski definition) is 1. The fourth-order valence-corrected chi connectivity index (χ4v) is 4.20. The summed E-state index contributed by atoms with van der Waals surface area (Å²) in [4.78, 5) is 38.8. The zero-order chi connectivity index (χ0) is 22.8. The smallest absolute Gasteiger partial charge is 0.273 e. The van der Waals surface area contributed by atoms with E-state index >= 15 is 0 Å². The number of benzene rings is 2. The fourth-order valence-electron chi connectivity index (χ4n) is 4.08. The number of hydrogen-bond acceptors (Lipinski definition) is 5. The van der Waals surface area contributed by atoms with Gasteiger partial charge in [-0.3, -0.25) is 9.59 Å². The first kappa shape index (κ1) is 21.2. The Morgan fingerprint density at radius 3 is 2.73 bits per heavy atom. The minimum Gasteiger partial charge on any atom is -0.443 e. The standard InChI is InChI=1S/C25H21ClN4O3/c26-18-10-8-16(9-11-18)13-19-15-27-24(33-19)21-7-4-12-30(21)25(32)20-14-22(31)29-23(28-20)17-5-2-1-3-6-17/h1-3,5-6,8-11,14-15,21H,4,7,12-13H2,(H,28,29,31). The van der Waals surface area contributed by atoms with Gasteiger partial charge in [0.2, 0.25) is 5.89 Å². The number of oxazole rings is 1. The zero-order valence-electron chi connectivity index (χ0n) is 17.7. The first-order chi connectivity index (χ1) is 16.1. The molecule has 166 valence electrons. The molecule has 0 bridgehead atoms. The second-order valence-electron chi connectivity index (χ2n) is 7.97. The highest BCUT2D eigenvalue weighted by Gasteiger charge is 2.34. The van der Waals surface area contributed by atoms with E-state index in [9.17, 15) is 9.59 Å². The van der Waals surface area contributed by atoms with Crippen LogP contribution >= 0.6 is 11.6 Å². The van der Waals surface area contributed by atoms with Gasteiger partial charge in [-0.1, -0.05) is 54.1 Å². The lowest BCUT2D eigenvalue weighted by atomic mass is 10.1. The molecule has 1 saturated heterocycles. The number of carbonyl (C=O) groups excluding carboxylic acids is 1. The van der Waals surface area contributed by atoms with E-state index in [2.05, 4.69) is 15.0 Å². The Morgan fingerprint density at radius 2 is 1.94 bits per heavy atom. The third-order valence-corrected chi connectivity index (χ3v) is 5.92. The van der Waals surface area contributed by atoms with Crippen molar-refractivity contribution in [2.24, 2.45) is 0 Å². The quantitative estimate of drug-likeness (QED) is 0.468. The van der Waals surface area contributed by atoms with Crippen molar-refractivity contribution < 1.29 is 9.21 Å². The van der Waals surface area contributed by atoms with Gasteiger partial charge in [0.1, 0.15) is 23.3 Å². The molecule has 0 saturated carbocycles. The van der Waals surface area contributed by atoms with Crippen LogP contribution in [0, 0.1) is 0 Å². The van der Waals surface area contributed by atoms with Crippen LogP contribution < -0.4 is 5.56 Å². The van der Waals surface area contributed by atoms with Crippen molar-refractivity contribution in [3.05, 3.63) is 105 Å². The number of carbonyl (C=O) groups is 1. The topological polar surface area (TPSA) is 92.1 Å². The van der Waals surface area contributed by atoms with Crippen molar-refractivity contribution in [3.8, 4) is 11.4 Å². The van der Waals surface area contributed by atoms with Crippen LogP contribution in [0.3, 0.4) is 0 Å². The van der Waals surface area contributed by atoms with E-state index in [0.717, 1.165) is 24.0 Å². The van der Waals surface area contributed by atoms with Gasteiger partial charge in [0.25, 0.3) is 11.5 Å². The molecule has 0 aliphatic carbocycles. The van der Waals surface area contributed by atoms with Gasteiger partial charge in [-0.15, -0.1) is 0 Å². The molecule has 5 rings (SSSR count). The molecule has 1 fully saturated rings. The predicted octanol–water partition coefficient (Wildman–Crippen LogP) is 4.65. The maximum absolute atomic E-state index is 13.3. The van der Waals surface area contributed by atoms with E-state index in [1.807, 2.05) is 54.6 Å². The van der Waals surface area contributed by atoms with Gasteiger partial charge in [0.15, 0.2) is 0 Å². The van der Waals surface area contributed by atoms with Crippen LogP contribution in [0.1, 0.15) is 46.6 Å². The Balaban J connectivity index is 1.37. The molecule has 1 aliphatic rings. The second-order valence-corrected chi connectivity index (χ2v) is 8.41. The molecule has 2 aromatic heterocycles. The SMILES string of the molecule is O=C(c1cc(=O)[nH]c(-c2ccccc2)n1)N1CCCC1c1ncc(Cc2ccc(Cl)cc2)o1. The van der Waals surface area contributed by atoms with E-state index in [0.29, 0.717) is 35.5 Å². The number of nitrogens with zero attached hydrogens (tertiary/aromatic N) is 3. The summed E-state index contributed by atoms with van der Waals surface area (Å²) in [6.07, 6.45) is 3.84. The minimum absolute atomic E-state index is 0.109. The molecule has 1 amide bonds. The van der Waals surface area contributed by atoms with Gasteiger partial charge in [-0.25, -0.2) is 9.97 Å². The summed E-state index contributed by atoms with van der Waals surface area (Å²) in [6.45, 7) is 0.549. The number of likely N-dealkylation sites (tertiary alicyclic amines) is 1. The first-order valence-electron chi connectivity index (χ1n) is 10.7. The van der Waals surface area contributed by atoms with Gasteiger partial charge in [0, 0.05) is 29.6 Å². The molecule has 7 nitrogen and oxygen atoms in total. The van der Waals surface area contributed by atoms with E-state index in [1.54, 1.807) is 11.1 Å². The van der Waals surface area contributed by atoms with Crippen molar-refractivity contribution in [3.63, 3.8) is 0 Å². The Labute approximate surface area is 195 Å². The van der Waals surface area contributed by atoms with Crippen LogP contribution in [-0.4, -0.2) is 32.3 Å². The number of aromatic amines is 1. The number of aromatic nitrogens is 3. The highest BCUT2D eigenvalue weighted by molar-refractivity contribution is 6.30. The van der Waals surface area contributed by atoms with Crippen molar-refractivity contribution in [1.29, 1.82) is 0 Å². The normalized spacial score (nSPS) is 15.7. The van der Waals surface area contributed by atoms with Crippen molar-refractivity contribution in [2.45, 2.75) is 25.3 Å². The molecule has 3 heterocycles. The Morgan fingerprint density at radius 1 is 1.15 bits per heavy atom. The number of halogens is 1. The molecule has 0 radical (unpaired) electrons. The summed E-state index contributed by atoms with van der Waals surface area (Å²) in [7, 11) is 0. The molecule has 4 aromatic rings. The van der Waals surface area contributed by atoms with Gasteiger partial charge in [-0.05, 0) is 30.5 Å². The molecule has 1 N–H and O–H groups in total. The maximum Gasteiger partial charge on any atom is 0.273 e. The van der Waals surface area contributed by atoms with Crippen molar-refractivity contribution in [1.82, 2.24) is 19.9 Å². The van der Waals surface area contributed by atoms with Crippen LogP contribution in [0.25, 0.3) is 11.4 Å². The average molecular weight is 461 g/mol.